The molecule has 0 bridgehead atoms. The van der Waals surface area contributed by atoms with Gasteiger partial charge in [0.25, 0.3) is 5.91 Å². The summed E-state index contributed by atoms with van der Waals surface area (Å²) in [6, 6.07) is 15.2. The Balaban J connectivity index is 1.89. The Morgan fingerprint density at radius 3 is 2.54 bits per heavy atom. The van der Waals surface area contributed by atoms with Gasteiger partial charge in [-0.1, -0.05) is 30.3 Å². The van der Waals surface area contributed by atoms with Crippen LogP contribution in [0.5, 0.6) is 5.75 Å². The Bertz CT molecular complexity index is 758. The molecule has 1 fully saturated rings. The van der Waals surface area contributed by atoms with Crippen molar-refractivity contribution in [1.82, 2.24) is 4.90 Å². The van der Waals surface area contributed by atoms with Gasteiger partial charge in [0, 0.05) is 24.2 Å². The molecular weight excluding hydrogens is 304 g/mol. The molecule has 1 heterocycles. The summed E-state index contributed by atoms with van der Waals surface area (Å²) in [6.45, 7) is 0.944. The van der Waals surface area contributed by atoms with Crippen LogP contribution in [0.4, 0.5) is 0 Å². The Kier molecular flexibility index (Phi) is 4.51. The number of benzene rings is 2. The van der Waals surface area contributed by atoms with Crippen LogP contribution < -0.4 is 10.5 Å². The van der Waals surface area contributed by atoms with Crippen LogP contribution in [0.15, 0.2) is 48.5 Å². The number of methoxy groups -OCH3 is 1. The van der Waals surface area contributed by atoms with Crippen molar-refractivity contribution in [2.24, 2.45) is 11.7 Å². The summed E-state index contributed by atoms with van der Waals surface area (Å²) >= 11 is 0. The van der Waals surface area contributed by atoms with Crippen molar-refractivity contribution in [3.05, 3.63) is 54.1 Å². The number of hydrogen-bond acceptors (Lipinski definition) is 3. The van der Waals surface area contributed by atoms with Crippen LogP contribution in [0.2, 0.25) is 0 Å². The predicted molar refractivity (Wildman–Crippen MR) is 91.6 cm³/mol. The van der Waals surface area contributed by atoms with Crippen LogP contribution in [0.1, 0.15) is 16.8 Å². The molecule has 1 aliphatic rings. The molecule has 1 aliphatic heterocycles. The van der Waals surface area contributed by atoms with Crippen LogP contribution in [-0.4, -0.2) is 36.9 Å². The van der Waals surface area contributed by atoms with E-state index in [2.05, 4.69) is 0 Å². The van der Waals surface area contributed by atoms with E-state index >= 15 is 0 Å². The normalized spacial score (nSPS) is 16.9. The third-order valence-corrected chi connectivity index (χ3v) is 4.41. The summed E-state index contributed by atoms with van der Waals surface area (Å²) in [5.41, 5.74) is 7.78. The van der Waals surface area contributed by atoms with Gasteiger partial charge in [-0.15, -0.1) is 0 Å². The average Bonchev–Trinajstić information content (AvgIpc) is 3.11. The minimum atomic E-state index is -0.343. The van der Waals surface area contributed by atoms with Crippen molar-refractivity contribution in [3.8, 4) is 16.9 Å². The monoisotopic (exact) mass is 324 g/mol. The van der Waals surface area contributed by atoms with Crippen LogP contribution in [0, 0.1) is 5.92 Å². The lowest BCUT2D eigenvalue weighted by atomic mass is 10.0. The molecule has 24 heavy (non-hydrogen) atoms. The van der Waals surface area contributed by atoms with Crippen molar-refractivity contribution >= 4 is 11.8 Å². The second kappa shape index (κ2) is 6.74. The summed E-state index contributed by atoms with van der Waals surface area (Å²) in [5.74, 6) is 0.0403. The van der Waals surface area contributed by atoms with Gasteiger partial charge in [-0.25, -0.2) is 0 Å². The third kappa shape index (κ3) is 3.11. The number of carbonyl (C=O) groups is 2. The predicted octanol–water partition coefficient (Wildman–Crippen LogP) is 2.31. The zero-order chi connectivity index (χ0) is 17.1. The maximum Gasteiger partial charge on any atom is 0.253 e. The van der Waals surface area contributed by atoms with Gasteiger partial charge in [0.2, 0.25) is 5.91 Å². The number of primary amides is 1. The number of nitrogens with zero attached hydrogens (tertiary/aromatic N) is 1. The number of ether oxygens (including phenoxy) is 1. The second-order valence-electron chi connectivity index (χ2n) is 5.92. The lowest BCUT2D eigenvalue weighted by Gasteiger charge is -2.17. The van der Waals surface area contributed by atoms with E-state index in [-0.39, 0.29) is 17.7 Å². The highest BCUT2D eigenvalue weighted by molar-refractivity contribution is 5.96. The number of likely N-dealkylation sites (tertiary alicyclic amines) is 1. The van der Waals surface area contributed by atoms with Crippen LogP contribution in [0.3, 0.4) is 0 Å². The zero-order valence-electron chi connectivity index (χ0n) is 13.6. The Morgan fingerprint density at radius 2 is 1.92 bits per heavy atom. The average molecular weight is 324 g/mol. The van der Waals surface area contributed by atoms with Crippen molar-refractivity contribution in [2.45, 2.75) is 6.42 Å². The van der Waals surface area contributed by atoms with Crippen molar-refractivity contribution in [3.63, 3.8) is 0 Å². The number of amides is 2. The minimum absolute atomic E-state index is 0.0846. The summed E-state index contributed by atoms with van der Waals surface area (Å²) in [6.07, 6.45) is 0.628. The van der Waals surface area contributed by atoms with E-state index in [1.54, 1.807) is 24.1 Å². The topological polar surface area (TPSA) is 72.6 Å². The van der Waals surface area contributed by atoms with E-state index in [4.69, 9.17) is 10.5 Å². The fraction of sp³-hybridized carbons (Fsp3) is 0.263. The minimum Gasteiger partial charge on any atom is -0.496 e. The number of nitrogens with two attached hydrogens (primary N) is 1. The summed E-state index contributed by atoms with van der Waals surface area (Å²) in [5, 5.41) is 0. The van der Waals surface area contributed by atoms with Gasteiger partial charge in [0.1, 0.15) is 5.75 Å². The zero-order valence-corrected chi connectivity index (χ0v) is 13.6. The molecule has 5 nitrogen and oxygen atoms in total. The van der Waals surface area contributed by atoms with Gasteiger partial charge in [0.15, 0.2) is 0 Å². The van der Waals surface area contributed by atoms with Gasteiger partial charge in [-0.05, 0) is 30.2 Å². The molecule has 1 unspecified atom stereocenters. The van der Waals surface area contributed by atoms with Crippen LogP contribution in [0.25, 0.3) is 11.1 Å². The molecule has 0 aliphatic carbocycles. The Labute approximate surface area is 141 Å². The molecule has 124 valence electrons. The lowest BCUT2D eigenvalue weighted by Crippen LogP contribution is -2.31. The summed E-state index contributed by atoms with van der Waals surface area (Å²) in [7, 11) is 1.61. The highest BCUT2D eigenvalue weighted by Gasteiger charge is 2.30. The molecule has 0 radical (unpaired) electrons. The summed E-state index contributed by atoms with van der Waals surface area (Å²) in [4.78, 5) is 25.7. The Hall–Kier alpha value is -2.82. The standard InChI is InChI=1S/C19H20N2O3/c1-24-17-8-7-14(11-16(17)13-5-3-2-4-6-13)19(23)21-10-9-15(12-21)18(20)22/h2-8,11,15H,9-10,12H2,1H3,(H2,20,22). The molecule has 2 N–H and O–H groups in total. The first-order chi connectivity index (χ1) is 11.6. The van der Waals surface area contributed by atoms with E-state index in [1.165, 1.54) is 0 Å². The van der Waals surface area contributed by atoms with E-state index in [1.807, 2.05) is 36.4 Å². The first kappa shape index (κ1) is 16.1. The van der Waals surface area contributed by atoms with Gasteiger partial charge in [0.05, 0.1) is 13.0 Å². The maximum atomic E-state index is 12.7. The second-order valence-corrected chi connectivity index (χ2v) is 5.92. The van der Waals surface area contributed by atoms with Gasteiger partial charge >= 0.3 is 0 Å². The molecular formula is C19H20N2O3. The maximum absolute atomic E-state index is 12.7. The van der Waals surface area contributed by atoms with Crippen molar-refractivity contribution in [1.29, 1.82) is 0 Å². The molecule has 0 saturated carbocycles. The quantitative estimate of drug-likeness (QED) is 0.938. The first-order valence-electron chi connectivity index (χ1n) is 7.92. The lowest BCUT2D eigenvalue weighted by molar-refractivity contribution is -0.121. The Morgan fingerprint density at radius 1 is 1.17 bits per heavy atom. The number of carbonyl (C=O) groups excluding carboxylic acids is 2. The molecule has 2 amide bonds. The van der Waals surface area contributed by atoms with E-state index in [0.29, 0.717) is 30.8 Å². The van der Waals surface area contributed by atoms with Crippen molar-refractivity contribution < 1.29 is 14.3 Å². The van der Waals surface area contributed by atoms with Gasteiger partial charge < -0.3 is 15.4 Å². The summed E-state index contributed by atoms with van der Waals surface area (Å²) < 4.78 is 5.42. The highest BCUT2D eigenvalue weighted by Crippen LogP contribution is 2.31. The smallest absolute Gasteiger partial charge is 0.253 e. The van der Waals surface area contributed by atoms with E-state index in [0.717, 1.165) is 11.1 Å². The molecule has 2 aromatic rings. The number of hydrogen-bond donors (Lipinski definition) is 1. The van der Waals surface area contributed by atoms with Gasteiger partial charge in [-0.2, -0.15) is 0 Å². The fourth-order valence-electron chi connectivity index (χ4n) is 3.04. The molecule has 5 heteroatoms. The first-order valence-corrected chi connectivity index (χ1v) is 7.92. The number of rotatable bonds is 4. The highest BCUT2D eigenvalue weighted by atomic mass is 16.5. The van der Waals surface area contributed by atoms with Crippen LogP contribution in [-0.2, 0) is 4.79 Å². The van der Waals surface area contributed by atoms with Crippen LogP contribution >= 0.6 is 0 Å². The molecule has 2 aromatic carbocycles. The SMILES string of the molecule is COc1ccc(C(=O)N2CCC(C(N)=O)C2)cc1-c1ccccc1. The molecule has 1 atom stereocenters. The molecule has 3 rings (SSSR count). The molecule has 1 saturated heterocycles. The third-order valence-electron chi connectivity index (χ3n) is 4.41. The molecule has 0 spiro atoms. The largest absolute Gasteiger partial charge is 0.496 e. The molecule has 0 aromatic heterocycles. The van der Waals surface area contributed by atoms with Crippen molar-refractivity contribution in [2.75, 3.05) is 20.2 Å². The van der Waals surface area contributed by atoms with Gasteiger partial charge in [-0.3, -0.25) is 9.59 Å². The van der Waals surface area contributed by atoms with E-state index < -0.39 is 0 Å². The fourth-order valence-corrected chi connectivity index (χ4v) is 3.04. The van der Waals surface area contributed by atoms with E-state index in [9.17, 15) is 9.59 Å².